The van der Waals surface area contributed by atoms with Crippen LogP contribution < -0.4 is 9.47 Å². The number of aryl methyl sites for hydroxylation is 2. The lowest BCUT2D eigenvalue weighted by molar-refractivity contribution is -0.138. The van der Waals surface area contributed by atoms with Crippen LogP contribution in [0.4, 0.5) is 4.39 Å². The Labute approximate surface area is 235 Å². The third kappa shape index (κ3) is 6.08. The summed E-state index contributed by atoms with van der Waals surface area (Å²) in [7, 11) is -2.82. The molecule has 1 unspecified atom stereocenters. The van der Waals surface area contributed by atoms with E-state index in [1.807, 2.05) is 63.2 Å². The number of carboxylic acids is 1. The minimum atomic E-state index is -2.82. The monoisotopic (exact) mass is 567 g/mol. The molecule has 8 heteroatoms. The molecule has 5 rings (SSSR count). The van der Waals surface area contributed by atoms with E-state index in [2.05, 4.69) is 0 Å². The molecule has 0 spiro atoms. The summed E-state index contributed by atoms with van der Waals surface area (Å²) in [4.78, 5) is 11.2. The molecule has 0 aromatic heterocycles. The van der Waals surface area contributed by atoms with Gasteiger partial charge in [-0.25, -0.2) is 4.39 Å². The molecule has 0 aliphatic heterocycles. The van der Waals surface area contributed by atoms with E-state index in [4.69, 9.17) is 9.47 Å². The molecule has 1 fully saturated rings. The number of aliphatic carboxylic acids is 1. The Balaban J connectivity index is 1.34. The van der Waals surface area contributed by atoms with Gasteiger partial charge in [-0.1, -0.05) is 29.3 Å². The van der Waals surface area contributed by atoms with Crippen LogP contribution >= 0.6 is 0 Å². The molecule has 40 heavy (non-hydrogen) atoms. The average Bonchev–Trinajstić information content (AvgIpc) is 3.57. The lowest BCUT2D eigenvalue weighted by Crippen LogP contribution is -2.22. The molecule has 2 aliphatic carbocycles. The molecule has 0 heterocycles. The Bertz CT molecular complexity index is 1450. The highest BCUT2D eigenvalue weighted by Gasteiger charge is 2.44. The number of fused-ring (bicyclic) bond motifs is 1. The Morgan fingerprint density at radius 1 is 1.10 bits per heavy atom. The SMILES string of the molecule is Cc1cc(OC[C@@H](C)C[S+](C)(=O)O)cc(C)c1-c1ccc(F)c2c1CC[C@H]2Oc1ccc([C@H]2C[C@@H]2C(=O)O)cc1. The van der Waals surface area contributed by atoms with Crippen molar-refractivity contribution in [2.24, 2.45) is 11.8 Å². The second-order valence-electron chi connectivity index (χ2n) is 11.5. The highest BCUT2D eigenvalue weighted by molar-refractivity contribution is 7.97. The predicted molar refractivity (Wildman–Crippen MR) is 154 cm³/mol. The first-order valence-corrected chi connectivity index (χ1v) is 15.7. The maximum absolute atomic E-state index is 15.2. The molecule has 3 aromatic carbocycles. The molecule has 212 valence electrons. The quantitative estimate of drug-likeness (QED) is 0.257. The Hall–Kier alpha value is -3.23. The molecular formula is C32H36FO6S+. The van der Waals surface area contributed by atoms with Crippen molar-refractivity contribution in [3.8, 4) is 22.6 Å². The van der Waals surface area contributed by atoms with Gasteiger partial charge in [0.25, 0.3) is 0 Å². The van der Waals surface area contributed by atoms with Crippen LogP contribution in [-0.2, 0) is 25.6 Å². The van der Waals surface area contributed by atoms with Crippen LogP contribution in [0.5, 0.6) is 11.5 Å². The van der Waals surface area contributed by atoms with Crippen LogP contribution in [0.3, 0.4) is 0 Å². The second kappa shape index (κ2) is 11.0. The number of rotatable bonds is 10. The zero-order chi connectivity index (χ0) is 28.8. The molecule has 0 bridgehead atoms. The molecule has 0 saturated heterocycles. The fourth-order valence-electron chi connectivity index (χ4n) is 6.07. The molecular weight excluding hydrogens is 531 g/mol. The smallest absolute Gasteiger partial charge is 0.307 e. The van der Waals surface area contributed by atoms with Gasteiger partial charge in [-0.3, -0.25) is 4.79 Å². The van der Waals surface area contributed by atoms with Crippen molar-refractivity contribution in [1.82, 2.24) is 0 Å². The van der Waals surface area contributed by atoms with Crippen molar-refractivity contribution < 1.29 is 32.5 Å². The first-order valence-electron chi connectivity index (χ1n) is 13.7. The number of carbonyl (C=O) groups is 1. The third-order valence-electron chi connectivity index (χ3n) is 7.88. The van der Waals surface area contributed by atoms with Crippen molar-refractivity contribution >= 4 is 16.2 Å². The van der Waals surface area contributed by atoms with E-state index in [0.717, 1.165) is 33.4 Å². The van der Waals surface area contributed by atoms with Crippen LogP contribution in [0.2, 0.25) is 0 Å². The molecule has 6 nitrogen and oxygen atoms in total. The van der Waals surface area contributed by atoms with E-state index in [1.54, 1.807) is 0 Å². The maximum Gasteiger partial charge on any atom is 0.307 e. The summed E-state index contributed by atoms with van der Waals surface area (Å²) in [6, 6.07) is 14.8. The van der Waals surface area contributed by atoms with Gasteiger partial charge in [0.05, 0.1) is 12.5 Å². The summed E-state index contributed by atoms with van der Waals surface area (Å²) in [5.74, 6) is 0.183. The minimum Gasteiger partial charge on any atom is -0.493 e. The van der Waals surface area contributed by atoms with E-state index in [1.165, 1.54) is 12.3 Å². The van der Waals surface area contributed by atoms with Crippen molar-refractivity contribution in [3.63, 3.8) is 0 Å². The van der Waals surface area contributed by atoms with Gasteiger partial charge in [0.15, 0.2) is 0 Å². The first-order chi connectivity index (χ1) is 18.9. The summed E-state index contributed by atoms with van der Waals surface area (Å²) < 4.78 is 48.7. The zero-order valence-corrected chi connectivity index (χ0v) is 24.1. The van der Waals surface area contributed by atoms with Gasteiger partial charge < -0.3 is 14.6 Å². The molecule has 0 amide bonds. The van der Waals surface area contributed by atoms with Crippen LogP contribution in [0, 0.1) is 31.5 Å². The van der Waals surface area contributed by atoms with Gasteiger partial charge in [0.1, 0.15) is 35.4 Å². The highest BCUT2D eigenvalue weighted by Crippen LogP contribution is 2.48. The van der Waals surface area contributed by atoms with E-state index < -0.39 is 22.3 Å². The van der Waals surface area contributed by atoms with E-state index in [-0.39, 0.29) is 29.3 Å². The third-order valence-corrected chi connectivity index (χ3v) is 9.07. The number of ether oxygens (including phenoxy) is 2. The summed E-state index contributed by atoms with van der Waals surface area (Å²) in [5.41, 5.74) is 6.60. The Morgan fingerprint density at radius 3 is 2.38 bits per heavy atom. The summed E-state index contributed by atoms with van der Waals surface area (Å²) in [5, 5.41) is 9.20. The van der Waals surface area contributed by atoms with E-state index in [0.29, 0.717) is 42.9 Å². The first kappa shape index (κ1) is 28.3. The fraction of sp³-hybridized carbons (Fsp3) is 0.406. The van der Waals surface area contributed by atoms with E-state index in [9.17, 15) is 18.7 Å². The van der Waals surface area contributed by atoms with Gasteiger partial charge in [-0.05, 0) is 103 Å². The fourth-order valence-corrected chi connectivity index (χ4v) is 7.22. The number of halogens is 1. The molecule has 5 atom stereocenters. The minimum absolute atomic E-state index is 0.0561. The lowest BCUT2D eigenvalue weighted by atomic mass is 9.90. The number of carboxylic acid groups (broad SMARTS) is 1. The van der Waals surface area contributed by atoms with Crippen molar-refractivity contribution in [2.75, 3.05) is 18.6 Å². The standard InChI is InChI=1S/C32H35FO6S/c1-18(17-40(4,36)37)16-38-23-13-19(2)30(20(3)14-23)24-9-11-28(33)31-25(24)10-12-29(31)39-22-7-5-21(6-8-22)26-15-27(26)32(34)35/h5-9,11,13-14,18,26-27,29H,10,12,15-17H2,1-4H3,(H-,34,35,36,37)/p+1/t18-,26-,27+,29-/m1/s1. The van der Waals surface area contributed by atoms with Gasteiger partial charge in [-0.15, -0.1) is 0 Å². The maximum atomic E-state index is 15.2. The van der Waals surface area contributed by atoms with Gasteiger partial charge in [0, 0.05) is 11.5 Å². The number of hydrogen-bond acceptors (Lipinski definition) is 4. The van der Waals surface area contributed by atoms with Crippen molar-refractivity contribution in [1.29, 1.82) is 0 Å². The zero-order valence-electron chi connectivity index (χ0n) is 23.3. The van der Waals surface area contributed by atoms with Crippen LogP contribution in [0.25, 0.3) is 11.1 Å². The van der Waals surface area contributed by atoms with Gasteiger partial charge in [0.2, 0.25) is 10.2 Å². The highest BCUT2D eigenvalue weighted by atomic mass is 32.3. The number of hydrogen-bond donors (Lipinski definition) is 2. The van der Waals surface area contributed by atoms with Crippen molar-refractivity contribution in [3.05, 3.63) is 82.2 Å². The van der Waals surface area contributed by atoms with Crippen LogP contribution in [0.15, 0.2) is 48.5 Å². The molecule has 3 aromatic rings. The number of benzene rings is 3. The summed E-state index contributed by atoms with van der Waals surface area (Å²) in [6.07, 6.45) is 2.96. The molecule has 2 N–H and O–H groups in total. The predicted octanol–water partition coefficient (Wildman–Crippen LogP) is 6.98. The largest absolute Gasteiger partial charge is 0.493 e. The second-order valence-corrected chi connectivity index (χ2v) is 13.7. The van der Waals surface area contributed by atoms with E-state index >= 15 is 4.39 Å². The van der Waals surface area contributed by atoms with Crippen molar-refractivity contribution in [2.45, 2.75) is 52.1 Å². The van der Waals surface area contributed by atoms with Crippen LogP contribution in [0.1, 0.15) is 59.6 Å². The van der Waals surface area contributed by atoms with Gasteiger partial charge in [-0.2, -0.15) is 4.55 Å². The van der Waals surface area contributed by atoms with Gasteiger partial charge >= 0.3 is 5.97 Å². The summed E-state index contributed by atoms with van der Waals surface area (Å²) in [6.45, 7) is 6.26. The normalized spacial score (nSPS) is 21.8. The Kier molecular flexibility index (Phi) is 7.77. The molecule has 1 saturated carbocycles. The topological polar surface area (TPSA) is 93.1 Å². The van der Waals surface area contributed by atoms with Crippen LogP contribution in [-0.4, -0.2) is 34.2 Å². The molecule has 2 aliphatic rings. The average molecular weight is 568 g/mol. The summed E-state index contributed by atoms with van der Waals surface area (Å²) >= 11 is 0. The molecule has 0 radical (unpaired) electrons. The lowest BCUT2D eigenvalue weighted by Gasteiger charge is -2.19. The Morgan fingerprint density at radius 2 is 1.77 bits per heavy atom.